The Bertz CT molecular complexity index is 1150. The molecule has 0 spiro atoms. The summed E-state index contributed by atoms with van der Waals surface area (Å²) in [6, 6.07) is 25.1. The quantitative estimate of drug-likeness (QED) is 0.387. The number of methoxy groups -OCH3 is 1. The monoisotopic (exact) mass is 441 g/mol. The standard InChI is InChI=1S/C26H23N3O4/c1-32-23-13-9-22(10-14-23)29-26(31)21(16-27)15-19-7-11-24(12-8-19)33-18-25(30)28-17-20-5-3-2-4-6-20/h2-15H,17-18H2,1H3,(H,28,30)(H,29,31)/b21-15+. The summed E-state index contributed by atoms with van der Waals surface area (Å²) in [5.41, 5.74) is 2.17. The molecule has 166 valence electrons. The summed E-state index contributed by atoms with van der Waals surface area (Å²) in [7, 11) is 1.56. The SMILES string of the molecule is COc1ccc(NC(=O)/C(C#N)=C/c2ccc(OCC(=O)NCc3ccccc3)cc2)cc1. The molecule has 3 aromatic rings. The smallest absolute Gasteiger partial charge is 0.266 e. The van der Waals surface area contributed by atoms with Gasteiger partial charge in [0.25, 0.3) is 11.8 Å². The molecule has 33 heavy (non-hydrogen) atoms. The molecule has 0 fully saturated rings. The number of carbonyl (C=O) groups is 2. The topological polar surface area (TPSA) is 100 Å². The second-order valence-electron chi connectivity index (χ2n) is 6.97. The van der Waals surface area contributed by atoms with Crippen LogP contribution >= 0.6 is 0 Å². The van der Waals surface area contributed by atoms with Crippen molar-refractivity contribution in [2.45, 2.75) is 6.54 Å². The van der Waals surface area contributed by atoms with Crippen molar-refractivity contribution in [3.05, 3.63) is 95.6 Å². The zero-order valence-corrected chi connectivity index (χ0v) is 18.1. The van der Waals surface area contributed by atoms with E-state index in [2.05, 4.69) is 10.6 Å². The molecule has 2 amide bonds. The van der Waals surface area contributed by atoms with E-state index in [4.69, 9.17) is 9.47 Å². The van der Waals surface area contributed by atoms with Crippen LogP contribution in [-0.4, -0.2) is 25.5 Å². The molecular formula is C26H23N3O4. The van der Waals surface area contributed by atoms with E-state index in [0.717, 1.165) is 5.56 Å². The molecule has 7 nitrogen and oxygen atoms in total. The Hall–Kier alpha value is -4.57. The largest absolute Gasteiger partial charge is 0.497 e. The van der Waals surface area contributed by atoms with Crippen molar-refractivity contribution in [1.29, 1.82) is 5.26 Å². The summed E-state index contributed by atoms with van der Waals surface area (Å²) >= 11 is 0. The van der Waals surface area contributed by atoms with Crippen molar-refractivity contribution in [3.63, 3.8) is 0 Å². The lowest BCUT2D eigenvalue weighted by Gasteiger charge is -2.08. The lowest BCUT2D eigenvalue weighted by atomic mass is 10.1. The second-order valence-corrected chi connectivity index (χ2v) is 6.97. The van der Waals surface area contributed by atoms with E-state index in [1.807, 2.05) is 36.4 Å². The summed E-state index contributed by atoms with van der Waals surface area (Å²) < 4.78 is 10.6. The number of carbonyl (C=O) groups excluding carboxylic acids is 2. The summed E-state index contributed by atoms with van der Waals surface area (Å²) in [5.74, 6) is 0.422. The highest BCUT2D eigenvalue weighted by Crippen LogP contribution is 2.18. The van der Waals surface area contributed by atoms with Gasteiger partial charge in [0.2, 0.25) is 0 Å². The van der Waals surface area contributed by atoms with Gasteiger partial charge in [0, 0.05) is 12.2 Å². The van der Waals surface area contributed by atoms with Crippen molar-refractivity contribution in [2.75, 3.05) is 19.0 Å². The van der Waals surface area contributed by atoms with Crippen LogP contribution in [0.4, 0.5) is 5.69 Å². The average Bonchev–Trinajstić information content (AvgIpc) is 2.86. The number of hydrogen-bond donors (Lipinski definition) is 2. The number of nitrogens with one attached hydrogen (secondary N) is 2. The summed E-state index contributed by atoms with van der Waals surface area (Å²) in [4.78, 5) is 24.4. The van der Waals surface area contributed by atoms with Crippen LogP contribution in [-0.2, 0) is 16.1 Å². The number of amides is 2. The van der Waals surface area contributed by atoms with E-state index in [-0.39, 0.29) is 18.1 Å². The molecule has 0 saturated heterocycles. The third-order valence-electron chi connectivity index (χ3n) is 4.61. The van der Waals surface area contributed by atoms with Crippen LogP contribution in [0.3, 0.4) is 0 Å². The van der Waals surface area contributed by atoms with Crippen LogP contribution < -0.4 is 20.1 Å². The molecule has 3 aromatic carbocycles. The minimum Gasteiger partial charge on any atom is -0.497 e. The molecular weight excluding hydrogens is 418 g/mol. The minimum absolute atomic E-state index is 0.0419. The highest BCUT2D eigenvalue weighted by molar-refractivity contribution is 6.09. The second kappa shape index (κ2) is 11.7. The van der Waals surface area contributed by atoms with Crippen molar-refractivity contribution in [1.82, 2.24) is 5.32 Å². The maximum absolute atomic E-state index is 12.4. The van der Waals surface area contributed by atoms with E-state index in [1.165, 1.54) is 6.08 Å². The van der Waals surface area contributed by atoms with Crippen LogP contribution in [0.15, 0.2) is 84.4 Å². The van der Waals surface area contributed by atoms with Gasteiger partial charge in [-0.15, -0.1) is 0 Å². The Balaban J connectivity index is 1.52. The fourth-order valence-electron chi connectivity index (χ4n) is 2.84. The van der Waals surface area contributed by atoms with Crippen molar-refractivity contribution in [2.24, 2.45) is 0 Å². The highest BCUT2D eigenvalue weighted by atomic mass is 16.5. The van der Waals surface area contributed by atoms with Crippen LogP contribution in [0.1, 0.15) is 11.1 Å². The highest BCUT2D eigenvalue weighted by Gasteiger charge is 2.10. The number of ether oxygens (including phenoxy) is 2. The van der Waals surface area contributed by atoms with Gasteiger partial charge in [-0.1, -0.05) is 42.5 Å². The molecule has 0 atom stereocenters. The third kappa shape index (κ3) is 7.26. The van der Waals surface area contributed by atoms with Gasteiger partial charge in [0.15, 0.2) is 6.61 Å². The Morgan fingerprint density at radius 3 is 2.24 bits per heavy atom. The molecule has 3 rings (SSSR count). The zero-order valence-electron chi connectivity index (χ0n) is 18.1. The van der Waals surface area contributed by atoms with E-state index >= 15 is 0 Å². The van der Waals surface area contributed by atoms with E-state index in [9.17, 15) is 14.9 Å². The van der Waals surface area contributed by atoms with Gasteiger partial charge in [-0.2, -0.15) is 5.26 Å². The first kappa shape index (κ1) is 23.1. The lowest BCUT2D eigenvalue weighted by molar-refractivity contribution is -0.123. The minimum atomic E-state index is -0.516. The van der Waals surface area contributed by atoms with E-state index < -0.39 is 5.91 Å². The predicted octanol–water partition coefficient (Wildman–Crippen LogP) is 3.94. The molecule has 0 radical (unpaired) electrons. The first-order valence-corrected chi connectivity index (χ1v) is 10.2. The molecule has 0 saturated carbocycles. The Morgan fingerprint density at radius 1 is 0.939 bits per heavy atom. The maximum atomic E-state index is 12.4. The first-order valence-electron chi connectivity index (χ1n) is 10.2. The Labute approximate surface area is 192 Å². The van der Waals surface area contributed by atoms with Gasteiger partial charge in [-0.3, -0.25) is 9.59 Å². The van der Waals surface area contributed by atoms with E-state index in [0.29, 0.717) is 29.3 Å². The number of rotatable bonds is 9. The average molecular weight is 441 g/mol. The van der Waals surface area contributed by atoms with Crippen LogP contribution in [0, 0.1) is 11.3 Å². The molecule has 0 aliphatic heterocycles. The molecule has 0 aliphatic rings. The molecule has 0 aliphatic carbocycles. The van der Waals surface area contributed by atoms with Gasteiger partial charge in [-0.25, -0.2) is 0 Å². The van der Waals surface area contributed by atoms with Gasteiger partial charge in [-0.05, 0) is 53.6 Å². The first-order chi connectivity index (χ1) is 16.1. The fraction of sp³-hybridized carbons (Fsp3) is 0.115. The number of nitriles is 1. The molecule has 7 heteroatoms. The van der Waals surface area contributed by atoms with Crippen LogP contribution in [0.5, 0.6) is 11.5 Å². The number of anilines is 1. The molecule has 0 aromatic heterocycles. The Kier molecular flexibility index (Phi) is 8.21. The fourth-order valence-corrected chi connectivity index (χ4v) is 2.84. The number of nitrogens with zero attached hydrogens (tertiary/aromatic N) is 1. The van der Waals surface area contributed by atoms with Crippen molar-refractivity contribution >= 4 is 23.6 Å². The van der Waals surface area contributed by atoms with E-state index in [1.54, 1.807) is 55.6 Å². The zero-order chi connectivity index (χ0) is 23.5. The summed E-state index contributed by atoms with van der Waals surface area (Å²) in [6.07, 6.45) is 1.48. The maximum Gasteiger partial charge on any atom is 0.266 e. The molecule has 0 unspecified atom stereocenters. The number of benzene rings is 3. The van der Waals surface area contributed by atoms with Crippen LogP contribution in [0.2, 0.25) is 0 Å². The molecule has 0 heterocycles. The van der Waals surface area contributed by atoms with Crippen molar-refractivity contribution < 1.29 is 19.1 Å². The van der Waals surface area contributed by atoms with Gasteiger partial charge in [0.1, 0.15) is 23.1 Å². The summed E-state index contributed by atoms with van der Waals surface area (Å²) in [6.45, 7) is 0.317. The van der Waals surface area contributed by atoms with Gasteiger partial charge < -0.3 is 20.1 Å². The summed E-state index contributed by atoms with van der Waals surface area (Å²) in [5, 5.41) is 14.9. The Morgan fingerprint density at radius 2 is 1.61 bits per heavy atom. The number of hydrogen-bond acceptors (Lipinski definition) is 5. The lowest BCUT2D eigenvalue weighted by Crippen LogP contribution is -2.28. The predicted molar refractivity (Wildman–Crippen MR) is 125 cm³/mol. The third-order valence-corrected chi connectivity index (χ3v) is 4.61. The molecule has 0 bridgehead atoms. The normalized spacial score (nSPS) is 10.6. The van der Waals surface area contributed by atoms with Crippen molar-refractivity contribution in [3.8, 4) is 17.6 Å². The van der Waals surface area contributed by atoms with Gasteiger partial charge >= 0.3 is 0 Å². The van der Waals surface area contributed by atoms with Gasteiger partial charge in [0.05, 0.1) is 7.11 Å². The van der Waals surface area contributed by atoms with Crippen LogP contribution in [0.25, 0.3) is 6.08 Å². The molecule has 2 N–H and O–H groups in total.